The van der Waals surface area contributed by atoms with Gasteiger partial charge in [-0.3, -0.25) is 4.79 Å². The summed E-state index contributed by atoms with van der Waals surface area (Å²) >= 11 is 1.39. The molecule has 6 aromatic rings. The number of hydrogen-bond acceptors (Lipinski definition) is 5. The van der Waals surface area contributed by atoms with Gasteiger partial charge in [0.25, 0.3) is 5.56 Å². The topological polar surface area (TPSA) is 61.4 Å². The standard InChI is InChI=1S/C27H20N4O2S/c1-17-14-20(33-2)12-13-21(17)25-18(16-30(29-25)19-8-4-3-5-9-19)15-24-26(32)31-23-11-7-6-10-22(23)28-27(31)34-24/h3-16H,1-2H3/b24-15-. The summed E-state index contributed by atoms with van der Waals surface area (Å²) in [5, 5.41) is 4.91. The van der Waals surface area contributed by atoms with E-state index in [-0.39, 0.29) is 5.56 Å². The van der Waals surface area contributed by atoms with Gasteiger partial charge < -0.3 is 4.74 Å². The zero-order chi connectivity index (χ0) is 23.2. The molecular formula is C27H20N4O2S. The van der Waals surface area contributed by atoms with E-state index in [4.69, 9.17) is 9.84 Å². The number of thiazole rings is 1. The first-order valence-corrected chi connectivity index (χ1v) is 11.7. The van der Waals surface area contributed by atoms with E-state index in [1.165, 1.54) is 11.3 Å². The Balaban J connectivity index is 1.59. The van der Waals surface area contributed by atoms with E-state index in [1.807, 2.05) is 96.7 Å². The molecule has 3 heterocycles. The molecule has 0 bridgehead atoms. The summed E-state index contributed by atoms with van der Waals surface area (Å²) in [5.74, 6) is 0.794. The number of methoxy groups -OCH3 is 1. The molecule has 0 amide bonds. The van der Waals surface area contributed by atoms with Crippen LogP contribution in [0.5, 0.6) is 5.75 Å². The van der Waals surface area contributed by atoms with Crippen LogP contribution >= 0.6 is 11.3 Å². The number of nitrogens with zero attached hydrogens (tertiary/aromatic N) is 4. The Bertz CT molecular complexity index is 1780. The molecule has 0 N–H and O–H groups in total. The average molecular weight is 465 g/mol. The minimum atomic E-state index is -0.0708. The lowest BCUT2D eigenvalue weighted by Gasteiger charge is -2.07. The van der Waals surface area contributed by atoms with Gasteiger partial charge in [0.15, 0.2) is 4.96 Å². The van der Waals surface area contributed by atoms with E-state index in [0.717, 1.165) is 44.9 Å². The monoisotopic (exact) mass is 464 g/mol. The fourth-order valence-electron chi connectivity index (χ4n) is 4.20. The van der Waals surface area contributed by atoms with Crippen LogP contribution in [0.4, 0.5) is 0 Å². The molecule has 6 nitrogen and oxygen atoms in total. The molecule has 0 atom stereocenters. The van der Waals surface area contributed by atoms with Crippen LogP contribution in [0.25, 0.3) is 39.0 Å². The van der Waals surface area contributed by atoms with Crippen LogP contribution in [0, 0.1) is 6.92 Å². The van der Waals surface area contributed by atoms with Crippen LogP contribution in [0.2, 0.25) is 0 Å². The van der Waals surface area contributed by atoms with Crippen molar-refractivity contribution in [3.8, 4) is 22.7 Å². The molecule has 0 spiro atoms. The quantitative estimate of drug-likeness (QED) is 0.382. The molecule has 0 fully saturated rings. The Kier molecular flexibility index (Phi) is 4.78. The Labute approximate surface area is 199 Å². The van der Waals surface area contributed by atoms with E-state index >= 15 is 0 Å². The Morgan fingerprint density at radius 1 is 1.00 bits per heavy atom. The van der Waals surface area contributed by atoms with Gasteiger partial charge in [-0.05, 0) is 61.0 Å². The maximum atomic E-state index is 13.3. The average Bonchev–Trinajstić information content (AvgIpc) is 3.53. The van der Waals surface area contributed by atoms with Crippen molar-refractivity contribution in [3.63, 3.8) is 0 Å². The summed E-state index contributed by atoms with van der Waals surface area (Å²) in [6.45, 7) is 2.04. The zero-order valence-corrected chi connectivity index (χ0v) is 19.4. The largest absolute Gasteiger partial charge is 0.497 e. The number of rotatable bonds is 4. The summed E-state index contributed by atoms with van der Waals surface area (Å²) in [4.78, 5) is 18.7. The predicted octanol–water partition coefficient (Wildman–Crippen LogP) is 4.63. The fraction of sp³-hybridized carbons (Fsp3) is 0.0741. The molecular weight excluding hydrogens is 444 g/mol. The van der Waals surface area contributed by atoms with Gasteiger partial charge in [-0.1, -0.05) is 41.7 Å². The Morgan fingerprint density at radius 3 is 2.59 bits per heavy atom. The van der Waals surface area contributed by atoms with Crippen molar-refractivity contribution in [2.24, 2.45) is 0 Å². The van der Waals surface area contributed by atoms with Gasteiger partial charge in [-0.25, -0.2) is 14.1 Å². The molecule has 7 heteroatoms. The van der Waals surface area contributed by atoms with Crippen LogP contribution in [0.15, 0.2) is 83.8 Å². The lowest BCUT2D eigenvalue weighted by atomic mass is 10.0. The molecule has 0 aliphatic heterocycles. The second kappa shape index (κ2) is 7.97. The Hall–Kier alpha value is -4.23. The molecule has 0 saturated carbocycles. The summed E-state index contributed by atoms with van der Waals surface area (Å²) in [7, 11) is 1.66. The van der Waals surface area contributed by atoms with E-state index in [9.17, 15) is 4.79 Å². The number of aromatic nitrogens is 4. The maximum Gasteiger partial charge on any atom is 0.274 e. The number of fused-ring (bicyclic) bond motifs is 3. The van der Waals surface area contributed by atoms with Crippen molar-refractivity contribution in [3.05, 3.63) is 105 Å². The van der Waals surface area contributed by atoms with E-state index in [1.54, 1.807) is 11.5 Å². The van der Waals surface area contributed by atoms with Gasteiger partial charge in [0.05, 0.1) is 28.4 Å². The lowest BCUT2D eigenvalue weighted by Crippen LogP contribution is -2.22. The molecule has 34 heavy (non-hydrogen) atoms. The van der Waals surface area contributed by atoms with Crippen LogP contribution in [-0.4, -0.2) is 26.3 Å². The van der Waals surface area contributed by atoms with Crippen molar-refractivity contribution in [1.82, 2.24) is 19.2 Å². The molecule has 0 radical (unpaired) electrons. The van der Waals surface area contributed by atoms with E-state index in [2.05, 4.69) is 4.98 Å². The summed E-state index contributed by atoms with van der Waals surface area (Å²) in [6.07, 6.45) is 3.89. The first-order chi connectivity index (χ1) is 16.6. The van der Waals surface area contributed by atoms with Gasteiger partial charge in [-0.15, -0.1) is 0 Å². The highest BCUT2D eigenvalue weighted by molar-refractivity contribution is 7.15. The molecule has 3 aromatic heterocycles. The molecule has 166 valence electrons. The normalized spacial score (nSPS) is 12.1. The zero-order valence-electron chi connectivity index (χ0n) is 18.6. The van der Waals surface area contributed by atoms with Gasteiger partial charge in [0.1, 0.15) is 11.4 Å². The molecule has 6 rings (SSSR count). The number of imidazole rings is 1. The van der Waals surface area contributed by atoms with Gasteiger partial charge in [0.2, 0.25) is 0 Å². The number of hydrogen-bond donors (Lipinski definition) is 0. The first-order valence-electron chi connectivity index (χ1n) is 10.8. The van der Waals surface area contributed by atoms with Crippen molar-refractivity contribution >= 4 is 33.4 Å². The van der Waals surface area contributed by atoms with Crippen LogP contribution in [-0.2, 0) is 0 Å². The van der Waals surface area contributed by atoms with E-state index < -0.39 is 0 Å². The smallest absolute Gasteiger partial charge is 0.274 e. The van der Waals surface area contributed by atoms with Crippen LogP contribution < -0.4 is 14.8 Å². The van der Waals surface area contributed by atoms with Crippen LogP contribution in [0.3, 0.4) is 0 Å². The number of aryl methyl sites for hydroxylation is 1. The van der Waals surface area contributed by atoms with Crippen molar-refractivity contribution in [2.75, 3.05) is 7.11 Å². The number of benzene rings is 3. The minimum absolute atomic E-state index is 0.0708. The number of para-hydroxylation sites is 3. The third-order valence-corrected chi connectivity index (χ3v) is 6.85. The highest BCUT2D eigenvalue weighted by atomic mass is 32.1. The third kappa shape index (κ3) is 3.29. The highest BCUT2D eigenvalue weighted by Crippen LogP contribution is 2.30. The molecule has 3 aromatic carbocycles. The fourth-order valence-corrected chi connectivity index (χ4v) is 5.18. The van der Waals surface area contributed by atoms with Crippen molar-refractivity contribution < 1.29 is 4.74 Å². The van der Waals surface area contributed by atoms with Crippen LogP contribution in [0.1, 0.15) is 11.1 Å². The number of ether oxygens (including phenoxy) is 1. The third-order valence-electron chi connectivity index (χ3n) is 5.88. The maximum absolute atomic E-state index is 13.3. The van der Waals surface area contributed by atoms with Gasteiger partial charge in [0, 0.05) is 17.3 Å². The molecule has 0 unspecified atom stereocenters. The predicted molar refractivity (Wildman–Crippen MR) is 136 cm³/mol. The molecule has 0 aliphatic carbocycles. The van der Waals surface area contributed by atoms with E-state index in [0.29, 0.717) is 9.49 Å². The molecule has 0 saturated heterocycles. The summed E-state index contributed by atoms with van der Waals surface area (Å²) in [6, 6.07) is 23.6. The van der Waals surface area contributed by atoms with Crippen molar-refractivity contribution in [1.29, 1.82) is 0 Å². The van der Waals surface area contributed by atoms with Gasteiger partial charge in [-0.2, -0.15) is 5.10 Å². The van der Waals surface area contributed by atoms with Crippen molar-refractivity contribution in [2.45, 2.75) is 6.92 Å². The Morgan fingerprint density at radius 2 is 1.79 bits per heavy atom. The first kappa shape index (κ1) is 20.4. The summed E-state index contributed by atoms with van der Waals surface area (Å²) < 4.78 is 9.53. The minimum Gasteiger partial charge on any atom is -0.497 e. The summed E-state index contributed by atoms with van der Waals surface area (Å²) in [5.41, 5.74) is 6.22. The van der Waals surface area contributed by atoms with Gasteiger partial charge >= 0.3 is 0 Å². The lowest BCUT2D eigenvalue weighted by molar-refractivity contribution is 0.414. The SMILES string of the molecule is COc1ccc(-c2nn(-c3ccccc3)cc2/C=c2\sc3nc4ccccc4n3c2=O)c(C)c1. The molecule has 0 aliphatic rings. The second-order valence-electron chi connectivity index (χ2n) is 8.03. The highest BCUT2D eigenvalue weighted by Gasteiger charge is 2.16. The second-order valence-corrected chi connectivity index (χ2v) is 9.04.